The summed E-state index contributed by atoms with van der Waals surface area (Å²) in [5.41, 5.74) is 1.30. The molecule has 2 aromatic heterocycles. The number of benzene rings is 2. The molecule has 0 aliphatic carbocycles. The third-order valence-corrected chi connectivity index (χ3v) is 6.07. The van der Waals surface area contributed by atoms with Crippen LogP contribution in [0.2, 0.25) is 0 Å². The van der Waals surface area contributed by atoms with Gasteiger partial charge in [0.25, 0.3) is 11.8 Å². The first-order valence-corrected chi connectivity index (χ1v) is 10.6. The number of fused-ring (bicyclic) bond motifs is 2. The van der Waals surface area contributed by atoms with E-state index < -0.39 is 0 Å². The molecule has 0 bridgehead atoms. The molecule has 4 aromatic rings. The van der Waals surface area contributed by atoms with Crippen LogP contribution in [0.5, 0.6) is 11.5 Å². The molecule has 2 aliphatic rings. The fraction of sp³-hybridized carbons (Fsp3) is 0.250. The first-order chi connectivity index (χ1) is 15.8. The highest BCUT2D eigenvalue weighted by molar-refractivity contribution is 5.95. The fourth-order valence-electron chi connectivity index (χ4n) is 4.33. The fourth-order valence-corrected chi connectivity index (χ4v) is 4.33. The molecule has 8 nitrogen and oxygen atoms in total. The first kappa shape index (κ1) is 18.8. The van der Waals surface area contributed by atoms with Gasteiger partial charge in [0.15, 0.2) is 11.5 Å². The Morgan fingerprint density at radius 2 is 1.81 bits per heavy atom. The largest absolute Gasteiger partial charge is 0.454 e. The standard InChI is InChI=1S/C24H20N4O4/c29-24(17-5-6-19-20(13-17)31-14-30-19)28-11-8-16(9-12-28)22-26-27-23(32-22)21-18-4-2-1-3-15(18)7-10-25-21/h1-7,10,13,16H,8-9,11-12,14H2. The van der Waals surface area contributed by atoms with Crippen molar-refractivity contribution < 1.29 is 18.7 Å². The van der Waals surface area contributed by atoms with E-state index in [1.165, 1.54) is 0 Å². The molecule has 32 heavy (non-hydrogen) atoms. The number of nitrogens with zero attached hydrogens (tertiary/aromatic N) is 4. The summed E-state index contributed by atoms with van der Waals surface area (Å²) >= 11 is 0. The van der Waals surface area contributed by atoms with Gasteiger partial charge in [0, 0.05) is 36.2 Å². The molecule has 1 amide bonds. The number of rotatable bonds is 3. The van der Waals surface area contributed by atoms with E-state index in [2.05, 4.69) is 15.2 Å². The predicted molar refractivity (Wildman–Crippen MR) is 115 cm³/mol. The molecule has 2 aromatic carbocycles. The monoisotopic (exact) mass is 428 g/mol. The smallest absolute Gasteiger partial charge is 0.266 e. The van der Waals surface area contributed by atoms with Gasteiger partial charge in [-0.15, -0.1) is 10.2 Å². The quantitative estimate of drug-likeness (QED) is 0.486. The van der Waals surface area contributed by atoms with Crippen molar-refractivity contribution in [1.29, 1.82) is 0 Å². The minimum absolute atomic E-state index is 0.00655. The van der Waals surface area contributed by atoms with Crippen molar-refractivity contribution in [3.05, 3.63) is 66.2 Å². The van der Waals surface area contributed by atoms with Gasteiger partial charge in [-0.05, 0) is 42.5 Å². The zero-order chi connectivity index (χ0) is 21.5. The lowest BCUT2D eigenvalue weighted by Crippen LogP contribution is -2.38. The lowest BCUT2D eigenvalue weighted by atomic mass is 9.96. The number of pyridine rings is 1. The van der Waals surface area contributed by atoms with Gasteiger partial charge in [-0.3, -0.25) is 9.78 Å². The molecule has 8 heteroatoms. The topological polar surface area (TPSA) is 90.6 Å². The van der Waals surface area contributed by atoms with Gasteiger partial charge in [0.2, 0.25) is 12.7 Å². The summed E-state index contributed by atoms with van der Waals surface area (Å²) < 4.78 is 16.7. The van der Waals surface area contributed by atoms with Crippen molar-refractivity contribution in [2.75, 3.05) is 19.9 Å². The number of hydrogen-bond donors (Lipinski definition) is 0. The van der Waals surface area contributed by atoms with E-state index in [1.54, 1.807) is 24.4 Å². The third kappa shape index (κ3) is 3.24. The number of carbonyl (C=O) groups is 1. The molecule has 2 aliphatic heterocycles. The Hall–Kier alpha value is -3.94. The normalized spacial score (nSPS) is 15.9. The molecule has 1 fully saturated rings. The molecule has 160 valence electrons. The van der Waals surface area contributed by atoms with Crippen molar-refractivity contribution >= 4 is 16.7 Å². The number of carbonyl (C=O) groups excluding carboxylic acids is 1. The van der Waals surface area contributed by atoms with Crippen molar-refractivity contribution in [2.24, 2.45) is 0 Å². The third-order valence-electron chi connectivity index (χ3n) is 6.07. The summed E-state index contributed by atoms with van der Waals surface area (Å²) in [4.78, 5) is 19.2. The highest BCUT2D eigenvalue weighted by atomic mass is 16.7. The number of hydrogen-bond acceptors (Lipinski definition) is 7. The summed E-state index contributed by atoms with van der Waals surface area (Å²) in [6, 6.07) is 15.3. The van der Waals surface area contributed by atoms with Crippen LogP contribution in [0.4, 0.5) is 0 Å². The van der Waals surface area contributed by atoms with Gasteiger partial charge in [-0.1, -0.05) is 24.3 Å². The van der Waals surface area contributed by atoms with Crippen LogP contribution in [0.15, 0.2) is 59.1 Å². The maximum atomic E-state index is 12.9. The summed E-state index contributed by atoms with van der Waals surface area (Å²) in [7, 11) is 0. The Bertz CT molecular complexity index is 1310. The number of ether oxygens (including phenoxy) is 2. The Morgan fingerprint density at radius 1 is 0.969 bits per heavy atom. The second kappa shape index (κ2) is 7.64. The lowest BCUT2D eigenvalue weighted by molar-refractivity contribution is 0.0706. The molecule has 0 N–H and O–H groups in total. The number of aromatic nitrogens is 3. The number of likely N-dealkylation sites (tertiary alicyclic amines) is 1. The first-order valence-electron chi connectivity index (χ1n) is 10.6. The van der Waals surface area contributed by atoms with Gasteiger partial charge in [0.1, 0.15) is 5.69 Å². The van der Waals surface area contributed by atoms with Gasteiger partial charge >= 0.3 is 0 Å². The highest BCUT2D eigenvalue weighted by Gasteiger charge is 2.29. The maximum Gasteiger partial charge on any atom is 0.266 e. The molecular weight excluding hydrogens is 408 g/mol. The molecule has 0 radical (unpaired) electrons. The molecule has 0 saturated carbocycles. The van der Waals surface area contributed by atoms with Crippen molar-refractivity contribution in [3.63, 3.8) is 0 Å². The zero-order valence-corrected chi connectivity index (χ0v) is 17.2. The molecule has 1 saturated heterocycles. The summed E-state index contributed by atoms with van der Waals surface area (Å²) in [6.07, 6.45) is 3.28. The Morgan fingerprint density at radius 3 is 2.72 bits per heavy atom. The van der Waals surface area contributed by atoms with Gasteiger partial charge in [0.05, 0.1) is 0 Å². The predicted octanol–water partition coefficient (Wildman–Crippen LogP) is 4.03. The van der Waals surface area contributed by atoms with Gasteiger partial charge in [-0.25, -0.2) is 0 Å². The van der Waals surface area contributed by atoms with E-state index in [-0.39, 0.29) is 18.6 Å². The van der Waals surface area contributed by atoms with Crippen molar-refractivity contribution in [2.45, 2.75) is 18.8 Å². The second-order valence-corrected chi connectivity index (χ2v) is 7.96. The minimum atomic E-state index is -0.00655. The molecular formula is C24H20N4O4. The Kier molecular flexibility index (Phi) is 4.49. The summed E-state index contributed by atoms with van der Waals surface area (Å²) in [5, 5.41) is 10.6. The average molecular weight is 428 g/mol. The van der Waals surface area contributed by atoms with Gasteiger partial charge in [-0.2, -0.15) is 0 Å². The van der Waals surface area contributed by atoms with E-state index in [4.69, 9.17) is 13.9 Å². The summed E-state index contributed by atoms with van der Waals surface area (Å²) in [5.74, 6) is 2.43. The van der Waals surface area contributed by atoms with Gasteiger partial charge < -0.3 is 18.8 Å². The van der Waals surface area contributed by atoms with E-state index in [0.29, 0.717) is 47.6 Å². The molecule has 6 rings (SSSR count). The summed E-state index contributed by atoms with van der Waals surface area (Å²) in [6.45, 7) is 1.45. The van der Waals surface area contributed by atoms with Crippen LogP contribution in [0.3, 0.4) is 0 Å². The Balaban J connectivity index is 1.16. The van der Waals surface area contributed by atoms with Crippen LogP contribution in [0, 0.1) is 0 Å². The maximum absolute atomic E-state index is 12.9. The van der Waals surface area contributed by atoms with Crippen LogP contribution in [-0.2, 0) is 0 Å². The SMILES string of the molecule is O=C(c1ccc2c(c1)OCO2)N1CCC(c2nnc(-c3nccc4ccccc34)o2)CC1. The van der Waals surface area contributed by atoms with E-state index >= 15 is 0 Å². The van der Waals surface area contributed by atoms with Crippen LogP contribution in [-0.4, -0.2) is 45.9 Å². The molecule has 0 atom stereocenters. The Labute approximate surface area is 183 Å². The highest BCUT2D eigenvalue weighted by Crippen LogP contribution is 2.34. The molecule has 4 heterocycles. The van der Waals surface area contributed by atoms with Crippen LogP contribution in [0.25, 0.3) is 22.4 Å². The average Bonchev–Trinajstić information content (AvgIpc) is 3.53. The second-order valence-electron chi connectivity index (χ2n) is 7.96. The molecule has 0 unspecified atom stereocenters. The van der Waals surface area contributed by atoms with E-state index in [1.807, 2.05) is 35.2 Å². The van der Waals surface area contributed by atoms with Crippen LogP contribution >= 0.6 is 0 Å². The minimum Gasteiger partial charge on any atom is -0.454 e. The van der Waals surface area contributed by atoms with E-state index in [9.17, 15) is 4.79 Å². The molecule has 0 spiro atoms. The van der Waals surface area contributed by atoms with Crippen molar-refractivity contribution in [3.8, 4) is 23.1 Å². The van der Waals surface area contributed by atoms with E-state index in [0.717, 1.165) is 23.6 Å². The number of piperidine rings is 1. The van der Waals surface area contributed by atoms with Crippen LogP contribution < -0.4 is 9.47 Å². The number of amides is 1. The lowest BCUT2D eigenvalue weighted by Gasteiger charge is -2.30. The zero-order valence-electron chi connectivity index (χ0n) is 17.2. The van der Waals surface area contributed by atoms with Crippen molar-refractivity contribution in [1.82, 2.24) is 20.1 Å². The van der Waals surface area contributed by atoms with Crippen LogP contribution in [0.1, 0.15) is 35.0 Å².